The highest BCUT2D eigenvalue weighted by Gasteiger charge is 2.28. The maximum Gasteiger partial charge on any atom is 0.141 e. The van der Waals surface area contributed by atoms with Crippen molar-refractivity contribution in [3.05, 3.63) is 34.6 Å². The van der Waals surface area contributed by atoms with Crippen LogP contribution in [0.3, 0.4) is 0 Å². The van der Waals surface area contributed by atoms with Crippen LogP contribution in [-0.4, -0.2) is 37.2 Å². The van der Waals surface area contributed by atoms with Gasteiger partial charge in [-0.25, -0.2) is 4.39 Å². The second-order valence-electron chi connectivity index (χ2n) is 4.80. The van der Waals surface area contributed by atoms with Crippen LogP contribution >= 0.6 is 11.6 Å². The van der Waals surface area contributed by atoms with Crippen LogP contribution in [0.25, 0.3) is 0 Å². The number of nitrogens with two attached hydrogens (primary N) is 1. The number of ether oxygens (including phenoxy) is 1. The van der Waals surface area contributed by atoms with E-state index in [1.807, 2.05) is 0 Å². The molecule has 1 heterocycles. The molecule has 106 valence electrons. The third kappa shape index (κ3) is 3.26. The Hall–Kier alpha value is -0.680. The Bertz CT molecular complexity index is 430. The van der Waals surface area contributed by atoms with Crippen LogP contribution < -0.4 is 5.73 Å². The van der Waals surface area contributed by atoms with Gasteiger partial charge in [0.25, 0.3) is 0 Å². The predicted molar refractivity (Wildman–Crippen MR) is 74.8 cm³/mol. The van der Waals surface area contributed by atoms with Crippen LogP contribution in [0.2, 0.25) is 5.02 Å². The van der Waals surface area contributed by atoms with Gasteiger partial charge in [-0.2, -0.15) is 0 Å². The molecule has 0 aromatic heterocycles. The fraction of sp³-hybridized carbons (Fsp3) is 0.571. The number of halogens is 2. The molecule has 0 spiro atoms. The molecule has 2 atom stereocenters. The number of hydrogen-bond donors (Lipinski definition) is 1. The molecule has 1 aromatic rings. The Kier molecular flexibility index (Phi) is 5.16. The average Bonchev–Trinajstić information content (AvgIpc) is 2.44. The lowest BCUT2D eigenvalue weighted by Gasteiger charge is -2.40. The van der Waals surface area contributed by atoms with Crippen LogP contribution in [-0.2, 0) is 4.74 Å². The quantitative estimate of drug-likeness (QED) is 0.925. The lowest BCUT2D eigenvalue weighted by molar-refractivity contribution is -0.0291. The van der Waals surface area contributed by atoms with E-state index in [1.54, 1.807) is 12.1 Å². The van der Waals surface area contributed by atoms with Crippen LogP contribution in [0.15, 0.2) is 18.2 Å². The summed E-state index contributed by atoms with van der Waals surface area (Å²) in [7, 11) is 0. The molecule has 0 aliphatic carbocycles. The van der Waals surface area contributed by atoms with E-state index < -0.39 is 5.82 Å². The van der Waals surface area contributed by atoms with Crippen LogP contribution in [0.1, 0.15) is 24.9 Å². The minimum Gasteiger partial charge on any atom is -0.378 e. The summed E-state index contributed by atoms with van der Waals surface area (Å²) in [5, 5.41) is 0.150. The molecule has 0 radical (unpaired) electrons. The molecule has 2 N–H and O–H groups in total. The zero-order valence-electron chi connectivity index (χ0n) is 11.1. The van der Waals surface area contributed by atoms with Crippen molar-refractivity contribution in [1.82, 2.24) is 4.90 Å². The first-order chi connectivity index (χ1) is 9.17. The van der Waals surface area contributed by atoms with Crippen molar-refractivity contribution >= 4 is 11.6 Å². The van der Waals surface area contributed by atoms with Gasteiger partial charge in [0.15, 0.2) is 0 Å². The summed E-state index contributed by atoms with van der Waals surface area (Å²) in [6.07, 6.45) is 1.01. The van der Waals surface area contributed by atoms with Crippen molar-refractivity contribution in [3.8, 4) is 0 Å². The fourth-order valence-corrected chi connectivity index (χ4v) is 2.80. The standard InChI is InChI=1S/C14H20ClFN2O/c1-2-11-9-19-6-5-18(11)14(8-17)10-3-4-13(16)12(15)7-10/h3-4,7,11,14H,2,5-6,8-9,17H2,1H3. The summed E-state index contributed by atoms with van der Waals surface area (Å²) in [4.78, 5) is 2.34. The summed E-state index contributed by atoms with van der Waals surface area (Å²) < 4.78 is 18.8. The third-order valence-corrected chi connectivity index (χ3v) is 3.99. The number of rotatable bonds is 4. The molecule has 1 aromatic carbocycles. The normalized spacial score (nSPS) is 22.4. The Balaban J connectivity index is 2.24. The average molecular weight is 287 g/mol. The smallest absolute Gasteiger partial charge is 0.141 e. The minimum absolute atomic E-state index is 0.0620. The van der Waals surface area contributed by atoms with Gasteiger partial charge in [-0.05, 0) is 24.1 Å². The first-order valence-corrected chi connectivity index (χ1v) is 7.03. The summed E-state index contributed by atoms with van der Waals surface area (Å²) in [5.41, 5.74) is 6.89. The van der Waals surface area contributed by atoms with Gasteiger partial charge in [0.2, 0.25) is 0 Å². The molecule has 3 nitrogen and oxygen atoms in total. The molecule has 19 heavy (non-hydrogen) atoms. The number of morpholine rings is 1. The summed E-state index contributed by atoms with van der Waals surface area (Å²) in [6.45, 7) is 4.90. The minimum atomic E-state index is -0.393. The maximum absolute atomic E-state index is 13.3. The lowest BCUT2D eigenvalue weighted by Crippen LogP contribution is -2.48. The summed E-state index contributed by atoms with van der Waals surface area (Å²) in [5.74, 6) is -0.393. The molecule has 1 saturated heterocycles. The van der Waals surface area contributed by atoms with Gasteiger partial charge in [-0.3, -0.25) is 4.90 Å². The zero-order valence-corrected chi connectivity index (χ0v) is 11.9. The summed E-state index contributed by atoms with van der Waals surface area (Å²) >= 11 is 5.87. The van der Waals surface area contributed by atoms with Gasteiger partial charge in [0.1, 0.15) is 5.82 Å². The maximum atomic E-state index is 13.3. The highest BCUT2D eigenvalue weighted by Crippen LogP contribution is 2.28. The van der Waals surface area contributed by atoms with E-state index in [2.05, 4.69) is 11.8 Å². The Labute approximate surface area is 118 Å². The van der Waals surface area contributed by atoms with Crippen molar-refractivity contribution < 1.29 is 9.13 Å². The van der Waals surface area contributed by atoms with E-state index >= 15 is 0 Å². The van der Waals surface area contributed by atoms with Crippen molar-refractivity contribution in [3.63, 3.8) is 0 Å². The first kappa shape index (κ1) is 14.7. The first-order valence-electron chi connectivity index (χ1n) is 6.65. The van der Waals surface area contributed by atoms with Crippen LogP contribution in [0, 0.1) is 5.82 Å². The Morgan fingerprint density at radius 1 is 1.58 bits per heavy atom. The van der Waals surface area contributed by atoms with Crippen LogP contribution in [0.5, 0.6) is 0 Å². The van der Waals surface area contributed by atoms with Crippen LogP contribution in [0.4, 0.5) is 4.39 Å². The molecule has 2 rings (SSSR count). The van der Waals surface area contributed by atoms with Crippen molar-refractivity contribution in [2.45, 2.75) is 25.4 Å². The molecular formula is C14H20ClFN2O. The molecule has 1 aliphatic heterocycles. The highest BCUT2D eigenvalue weighted by molar-refractivity contribution is 6.30. The van der Waals surface area contributed by atoms with Gasteiger partial charge in [-0.15, -0.1) is 0 Å². The second-order valence-corrected chi connectivity index (χ2v) is 5.21. The van der Waals surface area contributed by atoms with E-state index in [0.29, 0.717) is 19.2 Å². The third-order valence-electron chi connectivity index (χ3n) is 3.70. The topological polar surface area (TPSA) is 38.5 Å². The Morgan fingerprint density at radius 3 is 3.00 bits per heavy atom. The Morgan fingerprint density at radius 2 is 2.37 bits per heavy atom. The largest absolute Gasteiger partial charge is 0.378 e. The van der Waals surface area contributed by atoms with Gasteiger partial charge in [0, 0.05) is 25.2 Å². The summed E-state index contributed by atoms with van der Waals surface area (Å²) in [6, 6.07) is 5.26. The predicted octanol–water partition coefficient (Wildman–Crippen LogP) is 2.59. The van der Waals surface area contributed by atoms with Gasteiger partial charge >= 0.3 is 0 Å². The van der Waals surface area contributed by atoms with Crippen molar-refractivity contribution in [1.29, 1.82) is 0 Å². The molecule has 1 aliphatic rings. The van der Waals surface area contributed by atoms with E-state index in [-0.39, 0.29) is 11.1 Å². The monoisotopic (exact) mass is 286 g/mol. The highest BCUT2D eigenvalue weighted by atomic mass is 35.5. The fourth-order valence-electron chi connectivity index (χ4n) is 2.61. The van der Waals surface area contributed by atoms with Gasteiger partial charge < -0.3 is 10.5 Å². The van der Waals surface area contributed by atoms with Crippen molar-refractivity contribution in [2.75, 3.05) is 26.3 Å². The van der Waals surface area contributed by atoms with E-state index in [1.165, 1.54) is 6.07 Å². The van der Waals surface area contributed by atoms with Gasteiger partial charge in [0.05, 0.1) is 18.2 Å². The molecule has 0 saturated carbocycles. The molecule has 0 amide bonds. The number of hydrogen-bond acceptors (Lipinski definition) is 3. The number of nitrogens with zero attached hydrogens (tertiary/aromatic N) is 1. The zero-order chi connectivity index (χ0) is 13.8. The SMILES string of the molecule is CCC1COCCN1C(CN)c1ccc(F)c(Cl)c1. The number of benzene rings is 1. The molecule has 2 unspecified atom stereocenters. The second kappa shape index (κ2) is 6.66. The molecule has 0 bridgehead atoms. The van der Waals surface area contributed by atoms with E-state index in [9.17, 15) is 4.39 Å². The van der Waals surface area contributed by atoms with E-state index in [0.717, 1.165) is 25.1 Å². The molecular weight excluding hydrogens is 267 g/mol. The molecule has 5 heteroatoms. The van der Waals surface area contributed by atoms with Gasteiger partial charge in [-0.1, -0.05) is 24.6 Å². The lowest BCUT2D eigenvalue weighted by atomic mass is 10.0. The van der Waals surface area contributed by atoms with E-state index in [4.69, 9.17) is 22.1 Å². The molecule has 1 fully saturated rings. The van der Waals surface area contributed by atoms with Crippen molar-refractivity contribution in [2.24, 2.45) is 5.73 Å².